The predicted molar refractivity (Wildman–Crippen MR) is 149 cm³/mol. The molecule has 0 unspecified atom stereocenters. The highest BCUT2D eigenvalue weighted by Gasteiger charge is 2.42. The molecule has 1 fully saturated rings. The van der Waals surface area contributed by atoms with Gasteiger partial charge >= 0.3 is 5.69 Å². The van der Waals surface area contributed by atoms with Gasteiger partial charge in [0.05, 0.1) is 26.9 Å². The van der Waals surface area contributed by atoms with Crippen LogP contribution in [0.5, 0.6) is 11.5 Å². The lowest BCUT2D eigenvalue weighted by molar-refractivity contribution is -0.0944. The van der Waals surface area contributed by atoms with Gasteiger partial charge in [-0.25, -0.2) is 4.79 Å². The molecule has 2 heterocycles. The topological polar surface area (TPSA) is 112 Å². The van der Waals surface area contributed by atoms with E-state index < -0.39 is 35.3 Å². The van der Waals surface area contributed by atoms with Gasteiger partial charge in [0.15, 0.2) is 0 Å². The fraction of sp³-hybridized carbons (Fsp3) is 0.290. The SMILES string of the molecule is COc1ccc(C(OC[C@@H]2O[C@@H](n3cc(C)c(=O)[nH]c3=O)C[C@@H]2O)(c2ccccc2)c2ccc(OC)cc2)cc1. The molecular formula is C31H32N2O7. The number of H-pyrrole nitrogens is 1. The lowest BCUT2D eigenvalue weighted by atomic mass is 9.80. The van der Waals surface area contributed by atoms with E-state index in [0.29, 0.717) is 17.1 Å². The number of aryl methyl sites for hydroxylation is 1. The van der Waals surface area contributed by atoms with E-state index in [4.69, 9.17) is 18.9 Å². The Kier molecular flexibility index (Phi) is 7.88. The number of nitrogens with zero attached hydrogens (tertiary/aromatic N) is 1. The Bertz CT molecular complexity index is 1500. The van der Waals surface area contributed by atoms with Crippen molar-refractivity contribution in [2.45, 2.75) is 37.4 Å². The molecule has 2 N–H and O–H groups in total. The summed E-state index contributed by atoms with van der Waals surface area (Å²) in [6, 6.07) is 25.1. The van der Waals surface area contributed by atoms with E-state index in [1.165, 1.54) is 10.8 Å². The predicted octanol–water partition coefficient (Wildman–Crippen LogP) is 3.52. The van der Waals surface area contributed by atoms with Gasteiger partial charge in [0.25, 0.3) is 5.56 Å². The number of aliphatic hydroxyl groups excluding tert-OH is 1. The first-order valence-electron chi connectivity index (χ1n) is 13.0. The van der Waals surface area contributed by atoms with Crippen LogP contribution in [0, 0.1) is 6.92 Å². The summed E-state index contributed by atoms with van der Waals surface area (Å²) >= 11 is 0. The van der Waals surface area contributed by atoms with E-state index in [1.807, 2.05) is 78.9 Å². The molecule has 9 nitrogen and oxygen atoms in total. The Labute approximate surface area is 231 Å². The lowest BCUT2D eigenvalue weighted by Gasteiger charge is -2.37. The summed E-state index contributed by atoms with van der Waals surface area (Å²) in [6.07, 6.45) is -0.763. The van der Waals surface area contributed by atoms with Gasteiger partial charge in [-0.15, -0.1) is 0 Å². The maximum Gasteiger partial charge on any atom is 0.330 e. The molecule has 0 aliphatic carbocycles. The molecular weight excluding hydrogens is 512 g/mol. The second-order valence-electron chi connectivity index (χ2n) is 9.73. The van der Waals surface area contributed by atoms with Crippen LogP contribution in [0.25, 0.3) is 0 Å². The summed E-state index contributed by atoms with van der Waals surface area (Å²) in [4.78, 5) is 26.6. The molecule has 5 rings (SSSR count). The molecule has 1 saturated heterocycles. The van der Waals surface area contributed by atoms with Crippen molar-refractivity contribution < 1.29 is 24.1 Å². The maximum atomic E-state index is 12.5. The van der Waals surface area contributed by atoms with Crippen LogP contribution >= 0.6 is 0 Å². The number of hydrogen-bond acceptors (Lipinski definition) is 7. The number of methoxy groups -OCH3 is 2. The van der Waals surface area contributed by atoms with Crippen LogP contribution in [0.3, 0.4) is 0 Å². The third-order valence-electron chi connectivity index (χ3n) is 7.30. The average Bonchev–Trinajstić information content (AvgIpc) is 3.36. The number of aromatic amines is 1. The zero-order chi connectivity index (χ0) is 28.3. The number of aromatic nitrogens is 2. The molecule has 9 heteroatoms. The normalized spacial score (nSPS) is 18.9. The minimum atomic E-state index is -1.08. The fourth-order valence-corrected chi connectivity index (χ4v) is 5.12. The van der Waals surface area contributed by atoms with Crippen molar-refractivity contribution in [1.82, 2.24) is 9.55 Å². The highest BCUT2D eigenvalue weighted by molar-refractivity contribution is 5.49. The lowest BCUT2D eigenvalue weighted by Crippen LogP contribution is -2.38. The highest BCUT2D eigenvalue weighted by Crippen LogP contribution is 2.42. The maximum absolute atomic E-state index is 12.5. The molecule has 208 valence electrons. The van der Waals surface area contributed by atoms with Gasteiger partial charge in [-0.2, -0.15) is 0 Å². The summed E-state index contributed by atoms with van der Waals surface area (Å²) < 4.78 is 25.1. The number of hydrogen-bond donors (Lipinski definition) is 2. The number of aliphatic hydroxyl groups is 1. The third-order valence-corrected chi connectivity index (χ3v) is 7.30. The average molecular weight is 545 g/mol. The number of rotatable bonds is 9. The van der Waals surface area contributed by atoms with Crippen LogP contribution in [0.1, 0.15) is 34.9 Å². The van der Waals surface area contributed by atoms with Crippen LogP contribution in [-0.2, 0) is 15.1 Å². The highest BCUT2D eigenvalue weighted by atomic mass is 16.6. The first-order valence-corrected chi connectivity index (χ1v) is 13.0. The fourth-order valence-electron chi connectivity index (χ4n) is 5.12. The smallest absolute Gasteiger partial charge is 0.330 e. The third kappa shape index (κ3) is 5.19. The molecule has 1 aliphatic rings. The largest absolute Gasteiger partial charge is 0.497 e. The first-order chi connectivity index (χ1) is 19.3. The van der Waals surface area contributed by atoms with Crippen molar-refractivity contribution >= 4 is 0 Å². The molecule has 0 spiro atoms. The quantitative estimate of drug-likeness (QED) is 0.310. The number of nitrogens with one attached hydrogen (secondary N) is 1. The Hall–Kier alpha value is -4.18. The number of ether oxygens (including phenoxy) is 4. The summed E-state index contributed by atoms with van der Waals surface area (Å²) in [6.45, 7) is 1.63. The van der Waals surface area contributed by atoms with Gasteiger partial charge in [-0.1, -0.05) is 54.6 Å². The van der Waals surface area contributed by atoms with Crippen molar-refractivity contribution in [3.05, 3.63) is 128 Å². The second kappa shape index (κ2) is 11.5. The molecule has 0 radical (unpaired) electrons. The van der Waals surface area contributed by atoms with Crippen molar-refractivity contribution in [2.24, 2.45) is 0 Å². The van der Waals surface area contributed by atoms with Crippen LogP contribution in [0.15, 0.2) is 94.6 Å². The zero-order valence-corrected chi connectivity index (χ0v) is 22.6. The van der Waals surface area contributed by atoms with Crippen molar-refractivity contribution in [1.29, 1.82) is 0 Å². The molecule has 3 atom stereocenters. The Morgan fingerprint density at radius 3 is 2.00 bits per heavy atom. The van der Waals surface area contributed by atoms with E-state index >= 15 is 0 Å². The minimum Gasteiger partial charge on any atom is -0.497 e. The van der Waals surface area contributed by atoms with Crippen LogP contribution in [-0.4, -0.2) is 47.7 Å². The van der Waals surface area contributed by atoms with E-state index in [9.17, 15) is 14.7 Å². The van der Waals surface area contributed by atoms with Gasteiger partial charge in [0.1, 0.15) is 29.4 Å². The number of benzene rings is 3. The van der Waals surface area contributed by atoms with Crippen LogP contribution in [0.4, 0.5) is 0 Å². The molecule has 40 heavy (non-hydrogen) atoms. The van der Waals surface area contributed by atoms with E-state index in [1.54, 1.807) is 21.1 Å². The van der Waals surface area contributed by atoms with Crippen molar-refractivity contribution in [2.75, 3.05) is 20.8 Å². The first kappa shape index (κ1) is 27.4. The standard InChI is InChI=1S/C31H32N2O7/c1-20-18-33(30(36)32-29(20)35)28-17-26(34)27(40-28)19-39-31(21-7-5-4-6-8-21,22-9-13-24(37-2)14-10-22)23-11-15-25(38-3)16-12-23/h4-16,18,26-28,34H,17,19H2,1-3H3,(H,32,35,36)/t26-,27-,28+/m0/s1. The molecule has 1 aliphatic heterocycles. The summed E-state index contributed by atoms with van der Waals surface area (Å²) in [5, 5.41) is 11.0. The Morgan fingerprint density at radius 1 is 0.900 bits per heavy atom. The molecule has 1 aromatic heterocycles. The van der Waals surface area contributed by atoms with Crippen LogP contribution in [0.2, 0.25) is 0 Å². The summed E-state index contributed by atoms with van der Waals surface area (Å²) in [5.41, 5.74) is 0.825. The van der Waals surface area contributed by atoms with Gasteiger partial charge in [0, 0.05) is 18.2 Å². The van der Waals surface area contributed by atoms with E-state index in [2.05, 4.69) is 4.98 Å². The zero-order valence-electron chi connectivity index (χ0n) is 22.6. The summed E-state index contributed by atoms with van der Waals surface area (Å²) in [5.74, 6) is 1.42. The minimum absolute atomic E-state index is 0.0156. The van der Waals surface area contributed by atoms with Crippen LogP contribution < -0.4 is 20.7 Å². The van der Waals surface area contributed by atoms with E-state index in [-0.39, 0.29) is 13.0 Å². The van der Waals surface area contributed by atoms with Crippen molar-refractivity contribution in [3.63, 3.8) is 0 Å². The molecule has 3 aromatic carbocycles. The van der Waals surface area contributed by atoms with Gasteiger partial charge in [0.2, 0.25) is 0 Å². The van der Waals surface area contributed by atoms with Gasteiger partial charge in [-0.3, -0.25) is 14.3 Å². The van der Waals surface area contributed by atoms with Crippen molar-refractivity contribution in [3.8, 4) is 11.5 Å². The molecule has 0 saturated carbocycles. The van der Waals surface area contributed by atoms with Gasteiger partial charge < -0.3 is 24.1 Å². The van der Waals surface area contributed by atoms with Gasteiger partial charge in [-0.05, 0) is 47.9 Å². The monoisotopic (exact) mass is 544 g/mol. The molecule has 4 aromatic rings. The summed E-state index contributed by atoms with van der Waals surface area (Å²) in [7, 11) is 3.23. The molecule has 0 bridgehead atoms. The van der Waals surface area contributed by atoms with E-state index in [0.717, 1.165) is 16.7 Å². The Balaban J connectivity index is 1.54. The molecule has 0 amide bonds. The second-order valence-corrected chi connectivity index (χ2v) is 9.73. The Morgan fingerprint density at radius 2 is 1.45 bits per heavy atom.